The third-order valence-corrected chi connectivity index (χ3v) is 2.93. The summed E-state index contributed by atoms with van der Waals surface area (Å²) in [5.41, 5.74) is 0.849. The zero-order valence-corrected chi connectivity index (χ0v) is 13.3. The maximum Gasteiger partial charge on any atom is 0.203 e. The van der Waals surface area contributed by atoms with Gasteiger partial charge in [-0.05, 0) is 17.7 Å². The Balaban J connectivity index is 0.00000400. The first kappa shape index (κ1) is 19.7. The number of halogens is 3. The number of benzene rings is 1. The number of nitrogens with zero attached hydrogens (tertiary/aromatic N) is 1. The second-order valence-corrected chi connectivity index (χ2v) is 4.19. The molecule has 0 amide bonds. The first-order chi connectivity index (χ1) is 9.69. The molecule has 0 unspecified atom stereocenters. The molecular weight excluding hydrogens is 304 g/mol. The number of alkyl halides is 2. The van der Waals surface area contributed by atoms with Crippen LogP contribution < -0.4 is 14.2 Å². The molecule has 0 radical (unpaired) electrons. The summed E-state index contributed by atoms with van der Waals surface area (Å²) in [4.78, 5) is 1.70. The molecule has 0 bridgehead atoms. The highest BCUT2D eigenvalue weighted by molar-refractivity contribution is 5.85. The van der Waals surface area contributed by atoms with Gasteiger partial charge in [-0.25, -0.2) is 8.78 Å². The van der Waals surface area contributed by atoms with E-state index in [4.69, 9.17) is 14.2 Å². The topological polar surface area (TPSA) is 30.9 Å². The van der Waals surface area contributed by atoms with Gasteiger partial charge < -0.3 is 14.2 Å². The summed E-state index contributed by atoms with van der Waals surface area (Å²) in [5, 5.41) is 0. The molecular formula is C14H22ClF2NO3. The largest absolute Gasteiger partial charge is 0.493 e. The van der Waals surface area contributed by atoms with Crippen LogP contribution in [0.25, 0.3) is 0 Å². The van der Waals surface area contributed by atoms with Gasteiger partial charge in [0.2, 0.25) is 5.75 Å². The van der Waals surface area contributed by atoms with Gasteiger partial charge in [0, 0.05) is 19.6 Å². The molecule has 0 N–H and O–H groups in total. The lowest BCUT2D eigenvalue weighted by Gasteiger charge is -2.21. The Labute approximate surface area is 130 Å². The minimum absolute atomic E-state index is 0. The van der Waals surface area contributed by atoms with E-state index in [2.05, 4.69) is 0 Å². The fourth-order valence-electron chi connectivity index (χ4n) is 1.99. The predicted octanol–water partition coefficient (Wildman–Crippen LogP) is 2.88. The fourth-order valence-corrected chi connectivity index (χ4v) is 1.99. The molecule has 0 aromatic heterocycles. The summed E-state index contributed by atoms with van der Waals surface area (Å²) in [7, 11) is 4.59. The first-order valence-electron chi connectivity index (χ1n) is 6.33. The van der Waals surface area contributed by atoms with Gasteiger partial charge in [-0.15, -0.1) is 12.4 Å². The molecule has 0 aliphatic carbocycles. The molecule has 0 saturated heterocycles. The fraction of sp³-hybridized carbons (Fsp3) is 0.571. The summed E-state index contributed by atoms with van der Waals surface area (Å²) >= 11 is 0. The van der Waals surface area contributed by atoms with Crippen LogP contribution in [0.2, 0.25) is 0 Å². The third-order valence-electron chi connectivity index (χ3n) is 2.93. The molecule has 0 fully saturated rings. The van der Waals surface area contributed by atoms with Crippen molar-refractivity contribution in [2.75, 3.05) is 47.8 Å². The van der Waals surface area contributed by atoms with Crippen LogP contribution in [-0.4, -0.2) is 52.7 Å². The first-order valence-corrected chi connectivity index (χ1v) is 6.33. The smallest absolute Gasteiger partial charge is 0.203 e. The lowest BCUT2D eigenvalue weighted by molar-refractivity contribution is 0.220. The average Bonchev–Trinajstić information content (AvgIpc) is 2.46. The van der Waals surface area contributed by atoms with Gasteiger partial charge in [0.1, 0.15) is 13.3 Å². The molecule has 4 nitrogen and oxygen atoms in total. The second kappa shape index (κ2) is 10.5. The van der Waals surface area contributed by atoms with E-state index in [0.29, 0.717) is 23.8 Å². The van der Waals surface area contributed by atoms with Crippen LogP contribution in [0.15, 0.2) is 12.1 Å². The molecule has 1 aromatic rings. The van der Waals surface area contributed by atoms with Gasteiger partial charge in [0.05, 0.1) is 21.3 Å². The highest BCUT2D eigenvalue weighted by Crippen LogP contribution is 2.38. The van der Waals surface area contributed by atoms with Crippen LogP contribution >= 0.6 is 12.4 Å². The Morgan fingerprint density at radius 1 is 0.905 bits per heavy atom. The SMILES string of the molecule is COc1cc(CN(CCF)CCF)cc(OC)c1OC.Cl. The van der Waals surface area contributed by atoms with Crippen molar-refractivity contribution in [2.24, 2.45) is 0 Å². The standard InChI is InChI=1S/C14H21F2NO3.ClH/c1-18-12-8-11(9-13(19-2)14(12)20-3)10-17(6-4-15)7-5-16;/h8-9H,4-7,10H2,1-3H3;1H. The minimum atomic E-state index is -0.509. The van der Waals surface area contributed by atoms with E-state index in [1.165, 1.54) is 21.3 Å². The van der Waals surface area contributed by atoms with Crippen LogP contribution in [0.3, 0.4) is 0 Å². The van der Waals surface area contributed by atoms with Gasteiger partial charge >= 0.3 is 0 Å². The van der Waals surface area contributed by atoms with Crippen LogP contribution in [0.5, 0.6) is 17.2 Å². The summed E-state index contributed by atoms with van der Waals surface area (Å²) in [5.74, 6) is 1.56. The van der Waals surface area contributed by atoms with Crippen molar-refractivity contribution in [3.8, 4) is 17.2 Å². The van der Waals surface area contributed by atoms with Crippen LogP contribution in [0.4, 0.5) is 8.78 Å². The van der Waals surface area contributed by atoms with Gasteiger partial charge in [-0.1, -0.05) is 0 Å². The number of hydrogen-bond donors (Lipinski definition) is 0. The number of ether oxygens (including phenoxy) is 3. The van der Waals surface area contributed by atoms with Gasteiger partial charge in [0.15, 0.2) is 11.5 Å². The average molecular weight is 326 g/mol. The highest BCUT2D eigenvalue weighted by atomic mass is 35.5. The van der Waals surface area contributed by atoms with Crippen molar-refractivity contribution < 1.29 is 23.0 Å². The molecule has 0 spiro atoms. The number of hydrogen-bond acceptors (Lipinski definition) is 4. The van der Waals surface area contributed by atoms with Crippen LogP contribution in [-0.2, 0) is 6.54 Å². The van der Waals surface area contributed by atoms with Crippen LogP contribution in [0, 0.1) is 0 Å². The zero-order chi connectivity index (χ0) is 15.0. The maximum atomic E-state index is 12.4. The molecule has 0 saturated carbocycles. The molecule has 0 atom stereocenters. The van der Waals surface area contributed by atoms with Crippen molar-refractivity contribution in [1.29, 1.82) is 0 Å². The highest BCUT2D eigenvalue weighted by Gasteiger charge is 2.15. The second-order valence-electron chi connectivity index (χ2n) is 4.19. The minimum Gasteiger partial charge on any atom is -0.493 e. The molecule has 0 heterocycles. The van der Waals surface area contributed by atoms with Crippen molar-refractivity contribution in [2.45, 2.75) is 6.54 Å². The van der Waals surface area contributed by atoms with Crippen molar-refractivity contribution in [3.63, 3.8) is 0 Å². The Morgan fingerprint density at radius 3 is 1.71 bits per heavy atom. The summed E-state index contributed by atoms with van der Waals surface area (Å²) in [6.07, 6.45) is 0. The van der Waals surface area contributed by atoms with E-state index in [1.807, 2.05) is 0 Å². The molecule has 0 aliphatic rings. The Kier molecular flexibility index (Phi) is 9.82. The predicted molar refractivity (Wildman–Crippen MR) is 80.6 cm³/mol. The quantitative estimate of drug-likeness (QED) is 0.698. The van der Waals surface area contributed by atoms with E-state index in [1.54, 1.807) is 17.0 Å². The molecule has 1 aromatic carbocycles. The van der Waals surface area contributed by atoms with E-state index in [0.717, 1.165) is 5.56 Å². The monoisotopic (exact) mass is 325 g/mol. The van der Waals surface area contributed by atoms with Gasteiger partial charge in [-0.2, -0.15) is 0 Å². The van der Waals surface area contributed by atoms with E-state index in [-0.39, 0.29) is 25.5 Å². The molecule has 0 aliphatic heterocycles. The Morgan fingerprint density at radius 2 is 1.38 bits per heavy atom. The Hall–Kier alpha value is -1.27. The Bertz CT molecular complexity index is 390. The van der Waals surface area contributed by atoms with E-state index >= 15 is 0 Å². The van der Waals surface area contributed by atoms with Crippen LogP contribution in [0.1, 0.15) is 5.56 Å². The normalized spacial score (nSPS) is 10.2. The van der Waals surface area contributed by atoms with Crippen molar-refractivity contribution in [3.05, 3.63) is 17.7 Å². The summed E-state index contributed by atoms with van der Waals surface area (Å²) in [6.45, 7) is -0.208. The van der Waals surface area contributed by atoms with E-state index in [9.17, 15) is 8.78 Å². The molecule has 122 valence electrons. The van der Waals surface area contributed by atoms with E-state index < -0.39 is 13.3 Å². The summed E-state index contributed by atoms with van der Waals surface area (Å²) < 4.78 is 40.6. The maximum absolute atomic E-state index is 12.4. The number of rotatable bonds is 9. The molecule has 21 heavy (non-hydrogen) atoms. The summed E-state index contributed by atoms with van der Waals surface area (Å²) in [6, 6.07) is 3.57. The lowest BCUT2D eigenvalue weighted by Crippen LogP contribution is -2.27. The zero-order valence-electron chi connectivity index (χ0n) is 12.5. The lowest BCUT2D eigenvalue weighted by atomic mass is 10.1. The molecule has 7 heteroatoms. The van der Waals surface area contributed by atoms with Gasteiger partial charge in [-0.3, -0.25) is 4.90 Å². The van der Waals surface area contributed by atoms with Gasteiger partial charge in [0.25, 0.3) is 0 Å². The molecule has 1 rings (SSSR count). The van der Waals surface area contributed by atoms with Crippen molar-refractivity contribution in [1.82, 2.24) is 4.90 Å². The number of methoxy groups -OCH3 is 3. The third kappa shape index (κ3) is 5.55. The van der Waals surface area contributed by atoms with Crippen molar-refractivity contribution >= 4 is 12.4 Å².